The predicted molar refractivity (Wildman–Crippen MR) is 62.0 cm³/mol. The number of hydrogen-bond donors (Lipinski definition) is 2. The highest BCUT2D eigenvalue weighted by Crippen LogP contribution is 2.17. The molecule has 1 aliphatic rings. The summed E-state index contributed by atoms with van der Waals surface area (Å²) in [5.41, 5.74) is -0.0229. The van der Waals surface area contributed by atoms with Gasteiger partial charge in [-0.05, 0) is 46.7 Å². The lowest BCUT2D eigenvalue weighted by atomic mass is 9.91. The van der Waals surface area contributed by atoms with Gasteiger partial charge in [0.05, 0.1) is 0 Å². The fourth-order valence-electron chi connectivity index (χ4n) is 1.95. The van der Waals surface area contributed by atoms with Crippen molar-refractivity contribution in [1.82, 2.24) is 15.5 Å². The van der Waals surface area contributed by atoms with Crippen molar-refractivity contribution in [2.75, 3.05) is 26.2 Å². The highest BCUT2D eigenvalue weighted by Gasteiger charge is 2.29. The minimum atomic E-state index is -0.0229. The third-order valence-corrected chi connectivity index (χ3v) is 3.17. The van der Waals surface area contributed by atoms with E-state index in [1.807, 2.05) is 18.7 Å². The summed E-state index contributed by atoms with van der Waals surface area (Å²) < 4.78 is 0. The third kappa shape index (κ3) is 3.38. The van der Waals surface area contributed by atoms with Crippen LogP contribution in [0.15, 0.2) is 0 Å². The Morgan fingerprint density at radius 1 is 1.33 bits per heavy atom. The van der Waals surface area contributed by atoms with E-state index in [0.29, 0.717) is 0 Å². The summed E-state index contributed by atoms with van der Waals surface area (Å²) in [7, 11) is 0. The maximum Gasteiger partial charge on any atom is 0.317 e. The quantitative estimate of drug-likeness (QED) is 0.739. The molecule has 1 fully saturated rings. The van der Waals surface area contributed by atoms with Crippen LogP contribution < -0.4 is 10.6 Å². The standard InChI is InChI=1S/C11H23N3O/c1-4-14(5-2)10(15)13-11(3)6-8-12-9-7-11/h12H,4-9H2,1-3H3,(H,13,15). The zero-order valence-electron chi connectivity index (χ0n) is 10.1. The van der Waals surface area contributed by atoms with Crippen LogP contribution in [-0.2, 0) is 0 Å². The van der Waals surface area contributed by atoms with Crippen molar-refractivity contribution in [2.45, 2.75) is 39.2 Å². The number of hydrogen-bond acceptors (Lipinski definition) is 2. The van der Waals surface area contributed by atoms with E-state index in [9.17, 15) is 4.79 Å². The van der Waals surface area contributed by atoms with Crippen molar-refractivity contribution in [3.63, 3.8) is 0 Å². The molecule has 0 radical (unpaired) electrons. The predicted octanol–water partition coefficient (Wildman–Crippen LogP) is 1.18. The van der Waals surface area contributed by atoms with E-state index in [2.05, 4.69) is 17.6 Å². The smallest absolute Gasteiger partial charge is 0.317 e. The highest BCUT2D eigenvalue weighted by molar-refractivity contribution is 5.75. The van der Waals surface area contributed by atoms with Gasteiger partial charge in [-0.3, -0.25) is 0 Å². The highest BCUT2D eigenvalue weighted by atomic mass is 16.2. The monoisotopic (exact) mass is 213 g/mol. The lowest BCUT2D eigenvalue weighted by molar-refractivity contribution is 0.180. The minimum absolute atomic E-state index is 0.0229. The Hall–Kier alpha value is -0.770. The van der Waals surface area contributed by atoms with Gasteiger partial charge in [0.15, 0.2) is 0 Å². The number of amides is 2. The van der Waals surface area contributed by atoms with Crippen LogP contribution in [0.3, 0.4) is 0 Å². The van der Waals surface area contributed by atoms with E-state index in [1.54, 1.807) is 0 Å². The molecule has 2 amide bonds. The minimum Gasteiger partial charge on any atom is -0.333 e. The number of carbonyl (C=O) groups excluding carboxylic acids is 1. The van der Waals surface area contributed by atoms with E-state index in [1.165, 1.54) is 0 Å². The number of piperidine rings is 1. The summed E-state index contributed by atoms with van der Waals surface area (Å²) in [4.78, 5) is 13.7. The molecule has 15 heavy (non-hydrogen) atoms. The Labute approximate surface area is 92.4 Å². The normalized spacial score (nSPS) is 19.7. The molecule has 0 aromatic rings. The summed E-state index contributed by atoms with van der Waals surface area (Å²) >= 11 is 0. The molecule has 1 rings (SSSR count). The summed E-state index contributed by atoms with van der Waals surface area (Å²) in [6, 6.07) is 0.0735. The number of nitrogens with zero attached hydrogens (tertiary/aromatic N) is 1. The maximum absolute atomic E-state index is 11.9. The van der Waals surface area contributed by atoms with Crippen LogP contribution in [0.5, 0.6) is 0 Å². The lowest BCUT2D eigenvalue weighted by Crippen LogP contribution is -2.55. The van der Waals surface area contributed by atoms with Gasteiger partial charge in [-0.25, -0.2) is 4.79 Å². The molecule has 4 nitrogen and oxygen atoms in total. The van der Waals surface area contributed by atoms with Crippen molar-refractivity contribution in [3.05, 3.63) is 0 Å². The number of carbonyl (C=O) groups is 1. The first kappa shape index (κ1) is 12.3. The van der Waals surface area contributed by atoms with Crippen LogP contribution in [0.25, 0.3) is 0 Å². The zero-order valence-corrected chi connectivity index (χ0v) is 10.1. The lowest BCUT2D eigenvalue weighted by Gasteiger charge is -2.36. The van der Waals surface area contributed by atoms with Crippen molar-refractivity contribution in [3.8, 4) is 0 Å². The van der Waals surface area contributed by atoms with Crippen LogP contribution in [-0.4, -0.2) is 42.6 Å². The SMILES string of the molecule is CCN(CC)C(=O)NC1(C)CCNCC1. The first-order chi connectivity index (χ1) is 7.11. The first-order valence-corrected chi connectivity index (χ1v) is 5.89. The average molecular weight is 213 g/mol. The van der Waals surface area contributed by atoms with Gasteiger partial charge in [0, 0.05) is 18.6 Å². The van der Waals surface area contributed by atoms with Crippen LogP contribution in [0, 0.1) is 0 Å². The summed E-state index contributed by atoms with van der Waals surface area (Å²) in [6.07, 6.45) is 2.03. The molecule has 1 saturated heterocycles. The molecule has 88 valence electrons. The molecule has 4 heteroatoms. The molecule has 0 spiro atoms. The van der Waals surface area contributed by atoms with Crippen molar-refractivity contribution >= 4 is 6.03 Å². The van der Waals surface area contributed by atoms with Gasteiger partial charge in [0.1, 0.15) is 0 Å². The summed E-state index contributed by atoms with van der Waals surface area (Å²) in [5.74, 6) is 0. The fraction of sp³-hybridized carbons (Fsp3) is 0.909. The molecular weight excluding hydrogens is 190 g/mol. The molecule has 2 N–H and O–H groups in total. The van der Waals surface area contributed by atoms with Gasteiger partial charge >= 0.3 is 6.03 Å². The van der Waals surface area contributed by atoms with E-state index in [4.69, 9.17) is 0 Å². The summed E-state index contributed by atoms with van der Waals surface area (Å²) in [6.45, 7) is 9.69. The van der Waals surface area contributed by atoms with Crippen LogP contribution in [0.1, 0.15) is 33.6 Å². The van der Waals surface area contributed by atoms with Crippen LogP contribution in [0.2, 0.25) is 0 Å². The second kappa shape index (κ2) is 5.35. The van der Waals surface area contributed by atoms with Crippen LogP contribution >= 0.6 is 0 Å². The maximum atomic E-state index is 11.9. The van der Waals surface area contributed by atoms with Gasteiger partial charge in [0.25, 0.3) is 0 Å². The second-order valence-corrected chi connectivity index (χ2v) is 4.41. The fourth-order valence-corrected chi connectivity index (χ4v) is 1.95. The van der Waals surface area contributed by atoms with Crippen molar-refractivity contribution in [2.24, 2.45) is 0 Å². The molecular formula is C11H23N3O. The Balaban J connectivity index is 2.48. The summed E-state index contributed by atoms with van der Waals surface area (Å²) in [5, 5.41) is 6.45. The van der Waals surface area contributed by atoms with Gasteiger partial charge in [-0.2, -0.15) is 0 Å². The molecule has 0 aliphatic carbocycles. The van der Waals surface area contributed by atoms with Gasteiger partial charge in [-0.15, -0.1) is 0 Å². The largest absolute Gasteiger partial charge is 0.333 e. The average Bonchev–Trinajstić information content (AvgIpc) is 2.19. The molecule has 0 bridgehead atoms. The first-order valence-electron chi connectivity index (χ1n) is 5.89. The molecule has 1 heterocycles. The van der Waals surface area contributed by atoms with E-state index in [0.717, 1.165) is 39.0 Å². The van der Waals surface area contributed by atoms with Gasteiger partial charge in [0.2, 0.25) is 0 Å². The van der Waals surface area contributed by atoms with Crippen LogP contribution in [0.4, 0.5) is 4.79 Å². The number of nitrogens with one attached hydrogen (secondary N) is 2. The Morgan fingerprint density at radius 3 is 2.33 bits per heavy atom. The van der Waals surface area contributed by atoms with Crippen molar-refractivity contribution in [1.29, 1.82) is 0 Å². The second-order valence-electron chi connectivity index (χ2n) is 4.41. The molecule has 0 saturated carbocycles. The van der Waals surface area contributed by atoms with Gasteiger partial charge in [-0.1, -0.05) is 0 Å². The number of rotatable bonds is 3. The van der Waals surface area contributed by atoms with E-state index < -0.39 is 0 Å². The molecule has 0 aromatic heterocycles. The van der Waals surface area contributed by atoms with Crippen molar-refractivity contribution < 1.29 is 4.79 Å². The van der Waals surface area contributed by atoms with E-state index in [-0.39, 0.29) is 11.6 Å². The topological polar surface area (TPSA) is 44.4 Å². The Kier molecular flexibility index (Phi) is 4.39. The molecule has 0 aromatic carbocycles. The molecule has 0 unspecified atom stereocenters. The number of urea groups is 1. The zero-order chi connectivity index (χ0) is 11.3. The third-order valence-electron chi connectivity index (χ3n) is 3.17. The van der Waals surface area contributed by atoms with E-state index >= 15 is 0 Å². The van der Waals surface area contributed by atoms with Gasteiger partial charge < -0.3 is 15.5 Å². The molecule has 0 atom stereocenters. The Morgan fingerprint density at radius 2 is 1.87 bits per heavy atom. The Bertz CT molecular complexity index is 208. The molecule has 1 aliphatic heterocycles.